The molecule has 0 radical (unpaired) electrons. The number of carbonyl (C=O) groups is 2. The van der Waals surface area contributed by atoms with Gasteiger partial charge in [-0.2, -0.15) is 0 Å². The molecule has 0 saturated heterocycles. The highest BCUT2D eigenvalue weighted by molar-refractivity contribution is 8.00. The lowest BCUT2D eigenvalue weighted by Gasteiger charge is -2.40. The lowest BCUT2D eigenvalue weighted by Crippen LogP contribution is -2.49. The summed E-state index contributed by atoms with van der Waals surface area (Å²) in [4.78, 5) is 33.4. The van der Waals surface area contributed by atoms with E-state index in [9.17, 15) is 9.59 Å². The molecule has 3 unspecified atom stereocenters. The minimum Gasteiger partial charge on any atom is -0.307 e. The zero-order valence-corrected chi connectivity index (χ0v) is 24.8. The van der Waals surface area contributed by atoms with Gasteiger partial charge in [0.1, 0.15) is 0 Å². The average Bonchev–Trinajstić information content (AvgIpc) is 3.03. The van der Waals surface area contributed by atoms with Gasteiger partial charge in [0.15, 0.2) is 0 Å². The van der Waals surface area contributed by atoms with E-state index in [0.717, 1.165) is 26.9 Å². The number of anilines is 4. The number of benzene rings is 4. The molecular formula is C35H31N3O2S2. The number of carbonyl (C=O) groups excluding carboxylic acids is 2. The highest BCUT2D eigenvalue weighted by atomic mass is 32.2. The fraction of sp³-hybridized carbons (Fsp3) is 0.143. The molecule has 3 amide bonds. The third-order valence-corrected chi connectivity index (χ3v) is 9.87. The number of nitrogens with one attached hydrogen (secondary N) is 1. The monoisotopic (exact) mass is 589 g/mol. The van der Waals surface area contributed by atoms with Gasteiger partial charge in [-0.3, -0.25) is 14.6 Å². The van der Waals surface area contributed by atoms with Crippen LogP contribution < -0.4 is 15.1 Å². The summed E-state index contributed by atoms with van der Waals surface area (Å²) in [5.41, 5.74) is 3.26. The van der Waals surface area contributed by atoms with Gasteiger partial charge in [0.05, 0.1) is 22.2 Å². The van der Waals surface area contributed by atoms with Crippen LogP contribution in [-0.2, 0) is 4.79 Å². The largest absolute Gasteiger partial charge is 0.326 e. The van der Waals surface area contributed by atoms with Crippen LogP contribution in [0.3, 0.4) is 0 Å². The number of hydrogen-bond donors (Lipinski definition) is 1. The second kappa shape index (κ2) is 12.8. The summed E-state index contributed by atoms with van der Waals surface area (Å²) in [5, 5.41) is 2.97. The Kier molecular flexibility index (Phi) is 8.49. The maximum atomic E-state index is 14.0. The molecule has 0 bridgehead atoms. The van der Waals surface area contributed by atoms with Crippen LogP contribution in [0.25, 0.3) is 0 Å². The second-order valence-corrected chi connectivity index (χ2v) is 12.5. The van der Waals surface area contributed by atoms with Crippen LogP contribution in [-0.4, -0.2) is 28.5 Å². The zero-order valence-electron chi connectivity index (χ0n) is 23.2. The Morgan fingerprint density at radius 3 is 2.24 bits per heavy atom. The minimum atomic E-state index is -0.317. The van der Waals surface area contributed by atoms with E-state index in [2.05, 4.69) is 23.5 Å². The van der Waals surface area contributed by atoms with Crippen LogP contribution in [0.4, 0.5) is 27.5 Å². The summed E-state index contributed by atoms with van der Waals surface area (Å²) in [7, 11) is 0. The maximum Gasteiger partial charge on any atom is 0.326 e. The minimum absolute atomic E-state index is 0.0138. The molecule has 0 fully saturated rings. The average molecular weight is 590 g/mol. The Morgan fingerprint density at radius 2 is 1.52 bits per heavy atom. The Labute approximate surface area is 255 Å². The molecule has 6 rings (SSSR count). The molecule has 3 atom stereocenters. The first-order valence-electron chi connectivity index (χ1n) is 14.0. The Balaban J connectivity index is 1.22. The van der Waals surface area contributed by atoms with Gasteiger partial charge in [-0.1, -0.05) is 85.8 Å². The summed E-state index contributed by atoms with van der Waals surface area (Å²) >= 11 is 3.30. The number of nitrogens with zero attached hydrogens (tertiary/aromatic N) is 2. The SMILES string of the molecule is CCC(Sc1cccc(NC(=O)N2c3ccccc3SC3C=CC=CC32)c1)C(=O)N(c1ccccc1)c1ccccc1. The Hall–Kier alpha value is -4.20. The molecule has 1 aliphatic carbocycles. The van der Waals surface area contributed by atoms with Crippen molar-refractivity contribution in [2.45, 2.75) is 39.7 Å². The molecule has 2 aliphatic rings. The van der Waals surface area contributed by atoms with Crippen molar-refractivity contribution in [3.63, 3.8) is 0 Å². The van der Waals surface area contributed by atoms with Crippen molar-refractivity contribution < 1.29 is 9.59 Å². The molecule has 5 nitrogen and oxygen atoms in total. The normalized spacial score (nSPS) is 17.6. The van der Waals surface area contributed by atoms with E-state index in [4.69, 9.17) is 0 Å². The van der Waals surface area contributed by atoms with Crippen LogP contribution in [0.15, 0.2) is 143 Å². The summed E-state index contributed by atoms with van der Waals surface area (Å²) in [6.45, 7) is 2.03. The second-order valence-electron chi connectivity index (χ2n) is 10.00. The quantitative estimate of drug-likeness (QED) is 0.219. The summed E-state index contributed by atoms with van der Waals surface area (Å²) in [6, 6.07) is 35.0. The van der Waals surface area contributed by atoms with Gasteiger partial charge in [0.2, 0.25) is 5.91 Å². The molecule has 1 heterocycles. The first kappa shape index (κ1) is 27.9. The summed E-state index contributed by atoms with van der Waals surface area (Å²) < 4.78 is 0. The molecule has 4 aromatic rings. The van der Waals surface area contributed by atoms with Gasteiger partial charge in [0.25, 0.3) is 0 Å². The third kappa shape index (κ3) is 5.89. The molecule has 7 heteroatoms. The van der Waals surface area contributed by atoms with E-state index in [1.807, 2.05) is 127 Å². The van der Waals surface area contributed by atoms with Crippen molar-refractivity contribution in [1.29, 1.82) is 0 Å². The molecule has 4 aromatic carbocycles. The highest BCUT2D eigenvalue weighted by Gasteiger charge is 2.36. The standard InChI is InChI=1S/C35H31N3O2S2/c1-2-31(34(39)37(26-15-5-3-6-16-26)27-17-7-4-8-18-27)41-28-19-13-14-25(24-28)36-35(40)38-29-20-9-11-22-32(29)42-33-23-12-10-21-30(33)38/h3-24,29,31-32H,2H2,1H3,(H,36,40). The molecule has 0 aromatic heterocycles. The molecule has 210 valence electrons. The van der Waals surface area contributed by atoms with Crippen molar-refractivity contribution in [3.05, 3.63) is 133 Å². The lowest BCUT2D eigenvalue weighted by molar-refractivity contribution is -0.117. The summed E-state index contributed by atoms with van der Waals surface area (Å²) in [5.74, 6) is 0.0138. The molecule has 1 aliphatic heterocycles. The molecule has 1 N–H and O–H groups in total. The van der Waals surface area contributed by atoms with Gasteiger partial charge in [-0.25, -0.2) is 4.79 Å². The number of urea groups is 1. The van der Waals surface area contributed by atoms with Gasteiger partial charge >= 0.3 is 6.03 Å². The fourth-order valence-corrected chi connectivity index (χ4v) is 7.54. The van der Waals surface area contributed by atoms with Crippen molar-refractivity contribution in [2.24, 2.45) is 0 Å². The van der Waals surface area contributed by atoms with Crippen molar-refractivity contribution in [1.82, 2.24) is 0 Å². The number of hydrogen-bond acceptors (Lipinski definition) is 4. The van der Waals surface area contributed by atoms with Crippen molar-refractivity contribution >= 4 is 58.2 Å². The highest BCUT2D eigenvalue weighted by Crippen LogP contribution is 2.44. The number of amides is 3. The van der Waals surface area contributed by atoms with Crippen molar-refractivity contribution in [3.8, 4) is 0 Å². The van der Waals surface area contributed by atoms with E-state index in [-0.39, 0.29) is 28.5 Å². The van der Waals surface area contributed by atoms with E-state index >= 15 is 0 Å². The Morgan fingerprint density at radius 1 is 0.857 bits per heavy atom. The summed E-state index contributed by atoms with van der Waals surface area (Å²) in [6.07, 6.45) is 8.94. The first-order valence-corrected chi connectivity index (χ1v) is 15.8. The van der Waals surface area contributed by atoms with Crippen LogP contribution in [0.2, 0.25) is 0 Å². The number of allylic oxidation sites excluding steroid dienone is 2. The first-order chi connectivity index (χ1) is 20.6. The van der Waals surface area contributed by atoms with Crippen LogP contribution in [0, 0.1) is 0 Å². The van der Waals surface area contributed by atoms with Crippen LogP contribution in [0.1, 0.15) is 13.3 Å². The topological polar surface area (TPSA) is 52.7 Å². The number of rotatable bonds is 7. The zero-order chi connectivity index (χ0) is 28.9. The van der Waals surface area contributed by atoms with Gasteiger partial charge in [-0.05, 0) is 61.0 Å². The van der Waals surface area contributed by atoms with E-state index in [1.54, 1.807) is 16.7 Å². The molecular weight excluding hydrogens is 559 g/mol. The number of thioether (sulfide) groups is 2. The van der Waals surface area contributed by atoms with E-state index < -0.39 is 0 Å². The predicted octanol–water partition coefficient (Wildman–Crippen LogP) is 8.93. The smallest absolute Gasteiger partial charge is 0.307 e. The molecule has 0 spiro atoms. The number of para-hydroxylation sites is 3. The van der Waals surface area contributed by atoms with Crippen LogP contribution in [0.5, 0.6) is 0 Å². The van der Waals surface area contributed by atoms with Gasteiger partial charge < -0.3 is 5.32 Å². The molecule has 0 saturated carbocycles. The Bertz CT molecular complexity index is 1580. The fourth-order valence-electron chi connectivity index (χ4n) is 5.23. The van der Waals surface area contributed by atoms with Crippen molar-refractivity contribution in [2.75, 3.05) is 15.1 Å². The van der Waals surface area contributed by atoms with Gasteiger partial charge in [-0.15, -0.1) is 23.5 Å². The third-order valence-electron chi connectivity index (χ3n) is 7.22. The molecule has 42 heavy (non-hydrogen) atoms. The lowest BCUT2D eigenvalue weighted by atomic mass is 10.1. The van der Waals surface area contributed by atoms with E-state index in [1.165, 1.54) is 11.8 Å². The van der Waals surface area contributed by atoms with Crippen LogP contribution >= 0.6 is 23.5 Å². The van der Waals surface area contributed by atoms with E-state index in [0.29, 0.717) is 12.1 Å². The van der Waals surface area contributed by atoms with Gasteiger partial charge in [0, 0.05) is 26.9 Å². The maximum absolute atomic E-state index is 14.0. The predicted molar refractivity (Wildman–Crippen MR) is 176 cm³/mol. The number of fused-ring (bicyclic) bond motifs is 2.